The number of rotatable bonds is 4. The fourth-order valence-electron chi connectivity index (χ4n) is 3.12. The third-order valence-corrected chi connectivity index (χ3v) is 5.67. The minimum Gasteiger partial charge on any atom is -0.486 e. The first-order chi connectivity index (χ1) is 14.2. The molecule has 0 unspecified atom stereocenters. The molecular formula is C20H15ClN4O3S. The minimum absolute atomic E-state index is 0.222. The van der Waals surface area contributed by atoms with E-state index < -0.39 is 0 Å². The van der Waals surface area contributed by atoms with E-state index in [1.54, 1.807) is 4.68 Å². The topological polar surface area (TPSA) is 82.0 Å². The summed E-state index contributed by atoms with van der Waals surface area (Å²) in [5, 5.41) is 5.78. The second-order valence-electron chi connectivity index (χ2n) is 6.39. The molecule has 9 heteroatoms. The molecule has 2 aromatic heterocycles. The van der Waals surface area contributed by atoms with Crippen LogP contribution in [0, 0.1) is 0 Å². The predicted octanol–water partition coefficient (Wildman–Crippen LogP) is 3.83. The predicted molar refractivity (Wildman–Crippen MR) is 111 cm³/mol. The zero-order chi connectivity index (χ0) is 19.8. The Morgan fingerprint density at radius 1 is 1.17 bits per heavy atom. The van der Waals surface area contributed by atoms with E-state index in [4.69, 9.17) is 21.1 Å². The number of ether oxygens (including phenoxy) is 2. The van der Waals surface area contributed by atoms with Gasteiger partial charge in [-0.2, -0.15) is 5.10 Å². The number of H-pyrrole nitrogens is 1. The maximum Gasteiger partial charge on any atom is 0.262 e. The second-order valence-corrected chi connectivity index (χ2v) is 7.76. The van der Waals surface area contributed by atoms with Gasteiger partial charge < -0.3 is 14.5 Å². The van der Waals surface area contributed by atoms with Crippen molar-refractivity contribution in [1.29, 1.82) is 0 Å². The van der Waals surface area contributed by atoms with Crippen LogP contribution in [0.15, 0.2) is 58.6 Å². The maximum absolute atomic E-state index is 12.5. The van der Waals surface area contributed by atoms with Gasteiger partial charge in [0.25, 0.3) is 5.56 Å². The average molecular weight is 427 g/mol. The van der Waals surface area contributed by atoms with Crippen LogP contribution in [0.25, 0.3) is 16.7 Å². The van der Waals surface area contributed by atoms with E-state index in [0.717, 1.165) is 11.3 Å². The van der Waals surface area contributed by atoms with Crippen LogP contribution in [0.3, 0.4) is 0 Å². The molecular weight excluding hydrogens is 412 g/mol. The smallest absolute Gasteiger partial charge is 0.262 e. The summed E-state index contributed by atoms with van der Waals surface area (Å²) in [7, 11) is 0. The van der Waals surface area contributed by atoms with Gasteiger partial charge >= 0.3 is 0 Å². The Balaban J connectivity index is 1.45. The second kappa shape index (κ2) is 7.46. The highest BCUT2D eigenvalue weighted by molar-refractivity contribution is 7.98. The van der Waals surface area contributed by atoms with Crippen molar-refractivity contribution in [3.05, 3.63) is 69.6 Å². The van der Waals surface area contributed by atoms with Gasteiger partial charge in [-0.15, -0.1) is 0 Å². The van der Waals surface area contributed by atoms with Crippen LogP contribution in [-0.4, -0.2) is 33.0 Å². The Labute approximate surface area is 174 Å². The van der Waals surface area contributed by atoms with E-state index in [-0.39, 0.29) is 5.56 Å². The molecule has 0 saturated heterocycles. The number of halogens is 1. The van der Waals surface area contributed by atoms with Crippen LogP contribution in [0.5, 0.6) is 11.5 Å². The molecule has 1 N–H and O–H groups in total. The van der Waals surface area contributed by atoms with Crippen molar-refractivity contribution in [2.24, 2.45) is 0 Å². The molecule has 1 aliphatic rings. The van der Waals surface area contributed by atoms with Gasteiger partial charge in [0, 0.05) is 5.75 Å². The Kier molecular flexibility index (Phi) is 4.65. The molecule has 5 rings (SSSR count). The molecule has 3 heterocycles. The fraction of sp³-hybridized carbons (Fsp3) is 0.150. The van der Waals surface area contributed by atoms with Gasteiger partial charge in [-0.25, -0.2) is 9.67 Å². The van der Waals surface area contributed by atoms with E-state index in [1.165, 1.54) is 18.0 Å². The van der Waals surface area contributed by atoms with E-state index >= 15 is 0 Å². The number of benzene rings is 2. The molecule has 4 aromatic rings. The Morgan fingerprint density at radius 3 is 2.86 bits per heavy atom. The number of nitrogens with one attached hydrogen (secondary N) is 1. The lowest BCUT2D eigenvalue weighted by Crippen LogP contribution is -2.15. The molecule has 0 bridgehead atoms. The molecule has 146 valence electrons. The van der Waals surface area contributed by atoms with Gasteiger partial charge in [0.1, 0.15) is 18.6 Å². The van der Waals surface area contributed by atoms with Crippen molar-refractivity contribution in [1.82, 2.24) is 19.7 Å². The lowest BCUT2D eigenvalue weighted by molar-refractivity contribution is 0.171. The van der Waals surface area contributed by atoms with E-state index in [1.807, 2.05) is 42.5 Å². The van der Waals surface area contributed by atoms with Gasteiger partial charge in [-0.1, -0.05) is 41.6 Å². The largest absolute Gasteiger partial charge is 0.486 e. The zero-order valence-electron chi connectivity index (χ0n) is 15.1. The molecule has 0 saturated carbocycles. The number of fused-ring (bicyclic) bond motifs is 2. The molecule has 0 amide bonds. The number of hydrogen-bond donors (Lipinski definition) is 1. The summed E-state index contributed by atoms with van der Waals surface area (Å²) >= 11 is 7.71. The Bertz CT molecular complexity index is 1260. The number of para-hydroxylation sites is 1. The first kappa shape index (κ1) is 18.1. The van der Waals surface area contributed by atoms with Crippen LogP contribution in [-0.2, 0) is 5.75 Å². The normalized spacial score (nSPS) is 13.0. The summed E-state index contributed by atoms with van der Waals surface area (Å²) in [5.41, 5.74) is 2.08. The molecule has 0 atom stereocenters. The van der Waals surface area contributed by atoms with E-state index in [0.29, 0.717) is 51.7 Å². The first-order valence-corrected chi connectivity index (χ1v) is 10.3. The van der Waals surface area contributed by atoms with Crippen LogP contribution in [0.4, 0.5) is 0 Å². The summed E-state index contributed by atoms with van der Waals surface area (Å²) in [6.45, 7) is 0.982. The zero-order valence-corrected chi connectivity index (χ0v) is 16.7. The SMILES string of the molecule is O=c1[nH]c(SCc2cc(Cl)c3c(c2)OCCO3)nc2c1cnn2-c1ccccc1. The highest BCUT2D eigenvalue weighted by Crippen LogP contribution is 2.39. The number of hydrogen-bond acceptors (Lipinski definition) is 6. The van der Waals surface area contributed by atoms with Gasteiger partial charge in [0.15, 0.2) is 22.3 Å². The van der Waals surface area contributed by atoms with Crippen molar-refractivity contribution in [2.75, 3.05) is 13.2 Å². The first-order valence-electron chi connectivity index (χ1n) is 8.93. The van der Waals surface area contributed by atoms with Crippen LogP contribution in [0.1, 0.15) is 5.56 Å². The van der Waals surface area contributed by atoms with Crippen molar-refractivity contribution in [3.63, 3.8) is 0 Å². The lowest BCUT2D eigenvalue weighted by Gasteiger charge is -2.20. The highest BCUT2D eigenvalue weighted by Gasteiger charge is 2.17. The average Bonchev–Trinajstić information content (AvgIpc) is 3.18. The molecule has 0 fully saturated rings. The van der Waals surface area contributed by atoms with E-state index in [2.05, 4.69) is 15.1 Å². The summed E-state index contributed by atoms with van der Waals surface area (Å²) in [6.07, 6.45) is 1.53. The number of aromatic amines is 1. The Hall–Kier alpha value is -2.97. The fourth-order valence-corrected chi connectivity index (χ4v) is 4.20. The van der Waals surface area contributed by atoms with Crippen LogP contribution >= 0.6 is 23.4 Å². The summed E-state index contributed by atoms with van der Waals surface area (Å²) in [4.78, 5) is 19.9. The molecule has 29 heavy (non-hydrogen) atoms. The minimum atomic E-state index is -0.222. The monoisotopic (exact) mass is 426 g/mol. The molecule has 0 radical (unpaired) electrons. The van der Waals surface area contributed by atoms with Crippen molar-refractivity contribution < 1.29 is 9.47 Å². The summed E-state index contributed by atoms with van der Waals surface area (Å²) < 4.78 is 12.8. The standard InChI is InChI=1S/C20H15ClN4O3S/c21-15-8-12(9-16-17(15)28-7-6-27-16)11-29-20-23-18-14(19(26)24-20)10-22-25(18)13-4-2-1-3-5-13/h1-5,8-10H,6-7,11H2,(H,23,24,26). The van der Waals surface area contributed by atoms with Gasteiger partial charge in [0.2, 0.25) is 0 Å². The van der Waals surface area contributed by atoms with Crippen molar-refractivity contribution >= 4 is 34.4 Å². The third-order valence-electron chi connectivity index (χ3n) is 4.45. The van der Waals surface area contributed by atoms with Gasteiger partial charge in [-0.05, 0) is 29.8 Å². The van der Waals surface area contributed by atoms with Crippen molar-refractivity contribution in [3.8, 4) is 17.2 Å². The van der Waals surface area contributed by atoms with Crippen molar-refractivity contribution in [2.45, 2.75) is 10.9 Å². The summed E-state index contributed by atoms with van der Waals surface area (Å²) in [5.74, 6) is 1.77. The van der Waals surface area contributed by atoms with Gasteiger partial charge in [-0.3, -0.25) is 4.79 Å². The van der Waals surface area contributed by atoms with E-state index in [9.17, 15) is 4.79 Å². The molecule has 0 aliphatic carbocycles. The number of thioether (sulfide) groups is 1. The van der Waals surface area contributed by atoms with Crippen LogP contribution < -0.4 is 15.0 Å². The molecule has 0 spiro atoms. The Morgan fingerprint density at radius 2 is 2.00 bits per heavy atom. The third kappa shape index (κ3) is 3.45. The van der Waals surface area contributed by atoms with Gasteiger partial charge in [0.05, 0.1) is 16.9 Å². The highest BCUT2D eigenvalue weighted by atomic mass is 35.5. The molecule has 2 aromatic carbocycles. The van der Waals surface area contributed by atoms with Crippen LogP contribution in [0.2, 0.25) is 5.02 Å². The number of nitrogens with zero attached hydrogens (tertiary/aromatic N) is 3. The number of aromatic nitrogens is 4. The molecule has 7 nitrogen and oxygen atoms in total. The molecule has 1 aliphatic heterocycles. The summed E-state index contributed by atoms with van der Waals surface area (Å²) in [6, 6.07) is 13.3. The maximum atomic E-state index is 12.5. The lowest BCUT2D eigenvalue weighted by atomic mass is 10.2. The quantitative estimate of drug-likeness (QED) is 0.394.